The van der Waals surface area contributed by atoms with Crippen molar-refractivity contribution in [3.05, 3.63) is 64.7 Å². The number of hydrogen-bond donors (Lipinski definition) is 0. The highest BCUT2D eigenvalue weighted by molar-refractivity contribution is 7.24. The number of nitrogens with zero attached hydrogens (tertiary/aromatic N) is 2. The Balaban J connectivity index is 2.04. The molecule has 0 radical (unpaired) electrons. The van der Waals surface area contributed by atoms with Gasteiger partial charge in [-0.3, -0.25) is 4.79 Å². The Labute approximate surface area is 131 Å². The first kappa shape index (κ1) is 13.2. The lowest BCUT2D eigenvalue weighted by Crippen LogP contribution is -2.01. The average Bonchev–Trinajstić information content (AvgIpc) is 2.95. The standard InChI is InChI=1S/C18H14N2OS/c1-11-3-5-16-13(7-11)18(21)14-8-12(4-6-17(14)22-16)15-9-20(2)10-19-15/h3-10H,1-2H3. The summed E-state index contributed by atoms with van der Waals surface area (Å²) in [5.74, 6) is 0. The van der Waals surface area contributed by atoms with Crippen molar-refractivity contribution < 1.29 is 0 Å². The summed E-state index contributed by atoms with van der Waals surface area (Å²) in [7, 11) is 1.94. The van der Waals surface area contributed by atoms with E-state index in [-0.39, 0.29) is 5.43 Å². The number of aromatic nitrogens is 2. The molecule has 0 saturated heterocycles. The highest BCUT2D eigenvalue weighted by Gasteiger charge is 2.09. The van der Waals surface area contributed by atoms with Crippen molar-refractivity contribution in [2.45, 2.75) is 6.92 Å². The van der Waals surface area contributed by atoms with Gasteiger partial charge in [0.15, 0.2) is 5.43 Å². The van der Waals surface area contributed by atoms with E-state index in [2.05, 4.69) is 4.98 Å². The molecule has 4 aromatic rings. The third-order valence-corrected chi connectivity index (χ3v) is 4.98. The summed E-state index contributed by atoms with van der Waals surface area (Å²) in [6.07, 6.45) is 3.73. The van der Waals surface area contributed by atoms with Crippen molar-refractivity contribution in [2.75, 3.05) is 0 Å². The van der Waals surface area contributed by atoms with Crippen LogP contribution in [0.1, 0.15) is 5.56 Å². The summed E-state index contributed by atoms with van der Waals surface area (Å²) in [6.45, 7) is 2.01. The fourth-order valence-electron chi connectivity index (χ4n) is 2.69. The van der Waals surface area contributed by atoms with Crippen molar-refractivity contribution in [1.29, 1.82) is 0 Å². The van der Waals surface area contributed by atoms with Gasteiger partial charge in [0.25, 0.3) is 0 Å². The highest BCUT2D eigenvalue weighted by Crippen LogP contribution is 2.28. The van der Waals surface area contributed by atoms with Gasteiger partial charge in [-0.1, -0.05) is 17.7 Å². The third kappa shape index (κ3) is 2.04. The van der Waals surface area contributed by atoms with E-state index < -0.39 is 0 Å². The summed E-state index contributed by atoms with van der Waals surface area (Å²) in [4.78, 5) is 17.2. The molecule has 0 bridgehead atoms. The van der Waals surface area contributed by atoms with E-state index in [1.807, 2.05) is 61.1 Å². The maximum absolute atomic E-state index is 12.8. The van der Waals surface area contributed by atoms with Crippen LogP contribution in [0.15, 0.2) is 53.7 Å². The van der Waals surface area contributed by atoms with Gasteiger partial charge in [0.05, 0.1) is 12.0 Å². The lowest BCUT2D eigenvalue weighted by molar-refractivity contribution is 0.913. The monoisotopic (exact) mass is 306 g/mol. The van der Waals surface area contributed by atoms with Crippen LogP contribution in [-0.4, -0.2) is 9.55 Å². The van der Waals surface area contributed by atoms with Gasteiger partial charge in [-0.15, -0.1) is 11.3 Å². The Kier molecular flexibility index (Phi) is 2.87. The number of hydrogen-bond acceptors (Lipinski definition) is 3. The maximum Gasteiger partial charge on any atom is 0.195 e. The minimum atomic E-state index is 0.102. The van der Waals surface area contributed by atoms with Gasteiger partial charge >= 0.3 is 0 Å². The molecule has 0 spiro atoms. The molecule has 22 heavy (non-hydrogen) atoms. The molecular formula is C18H14N2OS. The lowest BCUT2D eigenvalue weighted by Gasteiger charge is -2.04. The lowest BCUT2D eigenvalue weighted by atomic mass is 10.1. The van der Waals surface area contributed by atoms with Crippen LogP contribution in [0.2, 0.25) is 0 Å². The van der Waals surface area contributed by atoms with Gasteiger partial charge in [0.1, 0.15) is 0 Å². The minimum Gasteiger partial charge on any atom is -0.340 e. The minimum absolute atomic E-state index is 0.102. The van der Waals surface area contributed by atoms with E-state index in [0.29, 0.717) is 0 Å². The van der Waals surface area contributed by atoms with Gasteiger partial charge in [-0.2, -0.15) is 0 Å². The second kappa shape index (κ2) is 4.78. The Hall–Kier alpha value is -2.46. The second-order valence-corrected chi connectivity index (χ2v) is 6.65. The average molecular weight is 306 g/mol. The molecule has 0 amide bonds. The molecular weight excluding hydrogens is 292 g/mol. The van der Waals surface area contributed by atoms with Gasteiger partial charge in [0, 0.05) is 39.0 Å². The smallest absolute Gasteiger partial charge is 0.195 e. The van der Waals surface area contributed by atoms with Crippen LogP contribution < -0.4 is 5.43 Å². The predicted octanol–water partition coefficient (Wildman–Crippen LogP) is 4.12. The van der Waals surface area contributed by atoms with Crippen LogP contribution >= 0.6 is 11.3 Å². The fraction of sp³-hybridized carbons (Fsp3) is 0.111. The molecule has 0 aliphatic rings. The zero-order chi connectivity index (χ0) is 15.3. The predicted molar refractivity (Wildman–Crippen MR) is 92.5 cm³/mol. The Morgan fingerprint density at radius 1 is 1.05 bits per heavy atom. The molecule has 0 fully saturated rings. The SMILES string of the molecule is Cc1ccc2sc3ccc(-c4cn(C)cn4)cc3c(=O)c2c1. The van der Waals surface area contributed by atoms with Crippen LogP contribution in [0.4, 0.5) is 0 Å². The molecule has 4 rings (SSSR count). The fourth-order valence-corrected chi connectivity index (χ4v) is 3.72. The topological polar surface area (TPSA) is 34.9 Å². The number of aryl methyl sites for hydroxylation is 2. The van der Waals surface area contributed by atoms with E-state index in [0.717, 1.165) is 37.0 Å². The molecule has 0 aliphatic heterocycles. The van der Waals surface area contributed by atoms with Crippen LogP contribution in [0.25, 0.3) is 31.4 Å². The summed E-state index contributed by atoms with van der Waals surface area (Å²) in [5, 5.41) is 1.57. The van der Waals surface area contributed by atoms with Gasteiger partial charge in [-0.05, 0) is 31.2 Å². The zero-order valence-corrected chi connectivity index (χ0v) is 13.1. The van der Waals surface area contributed by atoms with Gasteiger partial charge < -0.3 is 4.57 Å². The Morgan fingerprint density at radius 2 is 1.77 bits per heavy atom. The highest BCUT2D eigenvalue weighted by atomic mass is 32.1. The molecule has 2 aromatic carbocycles. The van der Waals surface area contributed by atoms with E-state index in [1.165, 1.54) is 0 Å². The van der Waals surface area contributed by atoms with E-state index in [4.69, 9.17) is 0 Å². The molecule has 2 heterocycles. The largest absolute Gasteiger partial charge is 0.340 e. The molecule has 0 unspecified atom stereocenters. The first-order chi connectivity index (χ1) is 10.6. The van der Waals surface area contributed by atoms with Crippen molar-refractivity contribution in [3.8, 4) is 11.3 Å². The quantitative estimate of drug-likeness (QED) is 0.496. The normalized spacial score (nSPS) is 11.4. The van der Waals surface area contributed by atoms with Gasteiger partial charge in [0.2, 0.25) is 0 Å². The van der Waals surface area contributed by atoms with Crippen molar-refractivity contribution in [2.24, 2.45) is 7.05 Å². The van der Waals surface area contributed by atoms with Gasteiger partial charge in [-0.25, -0.2) is 4.98 Å². The first-order valence-corrected chi connectivity index (χ1v) is 7.89. The molecule has 0 saturated carbocycles. The van der Waals surface area contributed by atoms with Crippen molar-refractivity contribution in [1.82, 2.24) is 9.55 Å². The van der Waals surface area contributed by atoms with Crippen LogP contribution in [0.3, 0.4) is 0 Å². The van der Waals surface area contributed by atoms with Crippen molar-refractivity contribution in [3.63, 3.8) is 0 Å². The number of rotatable bonds is 1. The van der Waals surface area contributed by atoms with Crippen LogP contribution in [0, 0.1) is 6.92 Å². The van der Waals surface area contributed by atoms with E-state index in [1.54, 1.807) is 17.7 Å². The third-order valence-electron chi connectivity index (χ3n) is 3.82. The molecule has 4 heteroatoms. The molecule has 0 aliphatic carbocycles. The zero-order valence-electron chi connectivity index (χ0n) is 12.3. The molecule has 108 valence electrons. The summed E-state index contributed by atoms with van der Waals surface area (Å²) in [5.41, 5.74) is 3.07. The molecule has 3 nitrogen and oxygen atoms in total. The summed E-state index contributed by atoms with van der Waals surface area (Å²) < 4.78 is 3.96. The molecule has 0 atom stereocenters. The summed E-state index contributed by atoms with van der Waals surface area (Å²) >= 11 is 1.66. The van der Waals surface area contributed by atoms with Crippen molar-refractivity contribution >= 4 is 31.5 Å². The van der Waals surface area contributed by atoms with E-state index >= 15 is 0 Å². The number of benzene rings is 2. The Morgan fingerprint density at radius 3 is 2.50 bits per heavy atom. The Bertz CT molecular complexity index is 1080. The maximum atomic E-state index is 12.8. The van der Waals surface area contributed by atoms with Crippen LogP contribution in [0.5, 0.6) is 0 Å². The molecule has 2 aromatic heterocycles. The number of imidazole rings is 1. The van der Waals surface area contributed by atoms with E-state index in [9.17, 15) is 4.79 Å². The summed E-state index contributed by atoms with van der Waals surface area (Å²) in [6, 6.07) is 12.1. The van der Waals surface area contributed by atoms with Crippen LogP contribution in [-0.2, 0) is 7.05 Å². The first-order valence-electron chi connectivity index (χ1n) is 7.07. The second-order valence-electron chi connectivity index (χ2n) is 5.57. The molecule has 0 N–H and O–H groups in total. The number of fused-ring (bicyclic) bond motifs is 2.